The minimum Gasteiger partial charge on any atom is -0.490 e. The molecule has 5 nitrogen and oxygen atoms in total. The summed E-state index contributed by atoms with van der Waals surface area (Å²) < 4.78 is 33.0. The first kappa shape index (κ1) is 16.8. The number of aryl methyl sites for hydroxylation is 1. The maximum Gasteiger partial charge on any atom is 0.243 e. The average molecular weight is 346 g/mol. The second-order valence-corrected chi connectivity index (χ2v) is 8.12. The zero-order valence-corrected chi connectivity index (χ0v) is 15.0. The van der Waals surface area contributed by atoms with Crippen LogP contribution in [0.3, 0.4) is 0 Å². The lowest BCUT2D eigenvalue weighted by molar-refractivity contribution is 0.310. The maximum atomic E-state index is 13.0. The SMILES string of the molecule is Cc1cc2c(cc1S(=O)(=O)N(C)Cc1ccccc1)OCCN2C. The highest BCUT2D eigenvalue weighted by Gasteiger charge is 2.26. The molecule has 0 fully saturated rings. The van der Waals surface area contributed by atoms with Crippen molar-refractivity contribution in [3.05, 3.63) is 53.6 Å². The summed E-state index contributed by atoms with van der Waals surface area (Å²) in [6.07, 6.45) is 0. The van der Waals surface area contributed by atoms with Crippen LogP contribution in [0.15, 0.2) is 47.4 Å². The third kappa shape index (κ3) is 3.12. The highest BCUT2D eigenvalue weighted by Crippen LogP contribution is 2.36. The van der Waals surface area contributed by atoms with Crippen LogP contribution in [0.4, 0.5) is 5.69 Å². The lowest BCUT2D eigenvalue weighted by atomic mass is 10.1. The third-order valence-corrected chi connectivity index (χ3v) is 6.23. The number of fused-ring (bicyclic) bond motifs is 1. The van der Waals surface area contributed by atoms with E-state index in [9.17, 15) is 8.42 Å². The molecule has 0 aliphatic carbocycles. The molecule has 0 amide bonds. The van der Waals surface area contributed by atoms with Gasteiger partial charge in [0.15, 0.2) is 0 Å². The minimum atomic E-state index is -3.58. The maximum absolute atomic E-state index is 13.0. The number of benzene rings is 2. The van der Waals surface area contributed by atoms with Gasteiger partial charge in [-0.3, -0.25) is 0 Å². The Hall–Kier alpha value is -2.05. The number of nitrogens with zero attached hydrogens (tertiary/aromatic N) is 2. The molecule has 1 heterocycles. The van der Waals surface area contributed by atoms with Crippen molar-refractivity contribution in [2.45, 2.75) is 18.4 Å². The molecule has 1 aliphatic heterocycles. The van der Waals surface area contributed by atoms with Crippen LogP contribution in [-0.4, -0.2) is 40.0 Å². The van der Waals surface area contributed by atoms with Gasteiger partial charge >= 0.3 is 0 Å². The van der Waals surface area contributed by atoms with Crippen LogP contribution in [0.2, 0.25) is 0 Å². The smallest absolute Gasteiger partial charge is 0.243 e. The molecule has 1 aliphatic rings. The van der Waals surface area contributed by atoms with Crippen molar-refractivity contribution in [3.63, 3.8) is 0 Å². The van der Waals surface area contributed by atoms with E-state index in [1.54, 1.807) is 13.1 Å². The fraction of sp³-hybridized carbons (Fsp3) is 0.333. The molecule has 2 aromatic rings. The van der Waals surface area contributed by atoms with Gasteiger partial charge in [0, 0.05) is 26.7 Å². The van der Waals surface area contributed by atoms with E-state index in [0.717, 1.165) is 23.4 Å². The summed E-state index contributed by atoms with van der Waals surface area (Å²) in [7, 11) is 0.00400. The molecule has 24 heavy (non-hydrogen) atoms. The fourth-order valence-electron chi connectivity index (χ4n) is 2.85. The van der Waals surface area contributed by atoms with Gasteiger partial charge in [-0.05, 0) is 24.1 Å². The molecule has 2 aromatic carbocycles. The summed E-state index contributed by atoms with van der Waals surface area (Å²) in [4.78, 5) is 2.38. The first-order chi connectivity index (χ1) is 11.4. The second-order valence-electron chi connectivity index (χ2n) is 6.10. The molecule has 0 bridgehead atoms. The van der Waals surface area contributed by atoms with Crippen LogP contribution in [0.1, 0.15) is 11.1 Å². The predicted molar refractivity (Wildman–Crippen MR) is 95.0 cm³/mol. The van der Waals surface area contributed by atoms with Crippen LogP contribution < -0.4 is 9.64 Å². The second kappa shape index (κ2) is 6.45. The molecule has 128 valence electrons. The van der Waals surface area contributed by atoms with E-state index in [4.69, 9.17) is 4.74 Å². The van der Waals surface area contributed by atoms with Crippen LogP contribution in [0.25, 0.3) is 0 Å². The molecule has 0 unspecified atom stereocenters. The lowest BCUT2D eigenvalue weighted by Gasteiger charge is -2.29. The van der Waals surface area contributed by atoms with E-state index in [1.807, 2.05) is 50.4 Å². The van der Waals surface area contributed by atoms with E-state index in [-0.39, 0.29) is 0 Å². The molecule has 0 N–H and O–H groups in total. The molecule has 3 rings (SSSR count). The van der Waals surface area contributed by atoms with Gasteiger partial charge in [0.05, 0.1) is 17.1 Å². The zero-order valence-electron chi connectivity index (χ0n) is 14.2. The zero-order chi connectivity index (χ0) is 17.3. The van der Waals surface area contributed by atoms with Crippen molar-refractivity contribution in [1.29, 1.82) is 0 Å². The van der Waals surface area contributed by atoms with E-state index < -0.39 is 10.0 Å². The van der Waals surface area contributed by atoms with Crippen LogP contribution in [0.5, 0.6) is 5.75 Å². The Labute approximate surface area is 143 Å². The number of ether oxygens (including phenoxy) is 1. The van der Waals surface area contributed by atoms with Gasteiger partial charge in [-0.2, -0.15) is 4.31 Å². The Morgan fingerprint density at radius 1 is 1.21 bits per heavy atom. The molecular weight excluding hydrogens is 324 g/mol. The Morgan fingerprint density at radius 2 is 1.92 bits per heavy atom. The normalized spacial score (nSPS) is 14.4. The largest absolute Gasteiger partial charge is 0.490 e. The van der Waals surface area contributed by atoms with Gasteiger partial charge in [-0.15, -0.1) is 0 Å². The van der Waals surface area contributed by atoms with Gasteiger partial charge in [-0.25, -0.2) is 8.42 Å². The molecular formula is C18H22N2O3S. The van der Waals surface area contributed by atoms with Crippen LogP contribution in [0, 0.1) is 6.92 Å². The average Bonchev–Trinajstić information content (AvgIpc) is 2.56. The van der Waals surface area contributed by atoms with Gasteiger partial charge < -0.3 is 9.64 Å². The summed E-state index contributed by atoms with van der Waals surface area (Å²) in [5.74, 6) is 0.626. The summed E-state index contributed by atoms with van der Waals surface area (Å²) in [5.41, 5.74) is 2.62. The highest BCUT2D eigenvalue weighted by atomic mass is 32.2. The molecule has 0 atom stereocenters. The third-order valence-electron chi connectivity index (χ3n) is 4.29. The number of likely N-dealkylation sites (N-methyl/N-ethyl adjacent to an activating group) is 1. The lowest BCUT2D eigenvalue weighted by Crippen LogP contribution is -2.30. The Kier molecular flexibility index (Phi) is 4.51. The number of sulfonamides is 1. The van der Waals surface area contributed by atoms with Crippen LogP contribution in [-0.2, 0) is 16.6 Å². The number of hydrogen-bond acceptors (Lipinski definition) is 4. The number of rotatable bonds is 4. The quantitative estimate of drug-likeness (QED) is 0.854. The van der Waals surface area contributed by atoms with Crippen molar-refractivity contribution in [2.24, 2.45) is 0 Å². The Bertz CT molecular complexity index is 835. The van der Waals surface area contributed by atoms with Crippen molar-refractivity contribution in [2.75, 3.05) is 32.1 Å². The number of anilines is 1. The number of hydrogen-bond donors (Lipinski definition) is 0. The predicted octanol–water partition coefficient (Wildman–Crippen LogP) is 2.64. The summed E-state index contributed by atoms with van der Waals surface area (Å²) in [6, 6.07) is 13.1. The van der Waals surface area contributed by atoms with Gasteiger partial charge in [-0.1, -0.05) is 30.3 Å². The van der Waals surface area contributed by atoms with Crippen molar-refractivity contribution in [1.82, 2.24) is 4.31 Å². The van der Waals surface area contributed by atoms with E-state index in [1.165, 1.54) is 4.31 Å². The van der Waals surface area contributed by atoms with Gasteiger partial charge in [0.1, 0.15) is 12.4 Å². The molecule has 0 spiro atoms. The molecule has 0 radical (unpaired) electrons. The Morgan fingerprint density at radius 3 is 2.62 bits per heavy atom. The summed E-state index contributed by atoms with van der Waals surface area (Å²) >= 11 is 0. The summed E-state index contributed by atoms with van der Waals surface area (Å²) in [5, 5.41) is 0. The monoisotopic (exact) mass is 346 g/mol. The van der Waals surface area contributed by atoms with Crippen LogP contribution >= 0.6 is 0 Å². The Balaban J connectivity index is 1.95. The molecule has 0 saturated heterocycles. The highest BCUT2D eigenvalue weighted by molar-refractivity contribution is 7.89. The molecule has 0 saturated carbocycles. The standard InChI is InChI=1S/C18H22N2O3S/c1-14-11-16-17(23-10-9-19(16)2)12-18(14)24(21,22)20(3)13-15-7-5-4-6-8-15/h4-8,11-12H,9-10,13H2,1-3H3. The van der Waals surface area contributed by atoms with Gasteiger partial charge in [0.2, 0.25) is 10.0 Å². The fourth-order valence-corrected chi connectivity index (χ4v) is 4.23. The van der Waals surface area contributed by atoms with Crippen molar-refractivity contribution >= 4 is 15.7 Å². The molecule has 6 heteroatoms. The van der Waals surface area contributed by atoms with Gasteiger partial charge in [0.25, 0.3) is 0 Å². The van der Waals surface area contributed by atoms with E-state index >= 15 is 0 Å². The first-order valence-corrected chi connectivity index (χ1v) is 9.32. The summed E-state index contributed by atoms with van der Waals surface area (Å²) in [6.45, 7) is 3.52. The van der Waals surface area contributed by atoms with Crippen molar-refractivity contribution in [3.8, 4) is 5.75 Å². The minimum absolute atomic E-state index is 0.301. The van der Waals surface area contributed by atoms with Crippen molar-refractivity contribution < 1.29 is 13.2 Å². The van der Waals surface area contributed by atoms with E-state index in [0.29, 0.717) is 23.8 Å². The first-order valence-electron chi connectivity index (χ1n) is 7.88. The topological polar surface area (TPSA) is 49.9 Å². The molecule has 0 aromatic heterocycles. The van der Waals surface area contributed by atoms with E-state index in [2.05, 4.69) is 4.90 Å².